The summed E-state index contributed by atoms with van der Waals surface area (Å²) in [7, 11) is 0. The third-order valence-electron chi connectivity index (χ3n) is 16.0. The minimum Gasteiger partial charge on any atom is -0.457 e. The lowest BCUT2D eigenvalue weighted by Gasteiger charge is -2.42. The largest absolute Gasteiger partial charge is 0.457 e. The van der Waals surface area contributed by atoms with Crippen LogP contribution in [0.25, 0.3) is 53.6 Å². The highest BCUT2D eigenvalue weighted by atomic mass is 32.2. The van der Waals surface area contributed by atoms with Gasteiger partial charge >= 0.3 is 0 Å². The molecule has 12 aromatic rings. The van der Waals surface area contributed by atoms with Gasteiger partial charge in [0, 0.05) is 57.9 Å². The van der Waals surface area contributed by atoms with Gasteiger partial charge in [0.2, 0.25) is 0 Å². The summed E-state index contributed by atoms with van der Waals surface area (Å²) in [6, 6.07) is 92.9. The molecule has 11 aromatic carbocycles. The SMILES string of the molecule is c1ccc2c(c1)Oc1ccccc1C21c2ccccc2-c2c(N(c3ccc(-c4cccc5c4sc4ccccc45)cc3)c3cccc4c3C3(c5ccccc5Sc5ccccc53)c3ccccc3-4)cccc21. The lowest BCUT2D eigenvalue weighted by Crippen LogP contribution is -2.33. The van der Waals surface area contributed by atoms with Gasteiger partial charge in [-0.2, -0.15) is 0 Å². The standard InChI is InChI=1S/C68H41NOS2/c1-4-24-50-45(18-1)47-22-16-32-58(65(47)68(50)54-28-8-13-36-62(54)71-63-37-14-9-29-55(63)68)69(43-40-38-42(39-41-43)44-21-15-23-48-46-19-3-12-35-61(46)72-66(44)48)57-31-17-30-56-64(57)49-20-2-5-25-51(49)67(56)52-26-6-10-33-59(52)70-60-34-11-7-27-53(60)67/h1-41H. The number of para-hydroxylation sites is 2. The summed E-state index contributed by atoms with van der Waals surface area (Å²) < 4.78 is 9.42. The summed E-state index contributed by atoms with van der Waals surface area (Å²) in [5.41, 5.74) is 19.6. The van der Waals surface area contributed by atoms with Crippen LogP contribution in [0.5, 0.6) is 11.5 Å². The van der Waals surface area contributed by atoms with Gasteiger partial charge in [-0.1, -0.05) is 206 Å². The molecular weight excluding hydrogens is 911 g/mol. The summed E-state index contributed by atoms with van der Waals surface area (Å²) in [5.74, 6) is 1.77. The first-order chi connectivity index (χ1) is 35.7. The number of nitrogens with zero attached hydrogens (tertiary/aromatic N) is 1. The van der Waals surface area contributed by atoms with Crippen LogP contribution in [0.4, 0.5) is 17.1 Å². The summed E-state index contributed by atoms with van der Waals surface area (Å²) >= 11 is 3.77. The molecule has 0 N–H and O–H groups in total. The van der Waals surface area contributed by atoms with Gasteiger partial charge in [0.1, 0.15) is 11.5 Å². The van der Waals surface area contributed by atoms with Gasteiger partial charge < -0.3 is 9.64 Å². The van der Waals surface area contributed by atoms with Gasteiger partial charge in [-0.15, -0.1) is 11.3 Å². The molecule has 0 amide bonds. The fourth-order valence-electron chi connectivity index (χ4n) is 13.3. The minimum atomic E-state index is -0.625. The van der Waals surface area contributed by atoms with Crippen molar-refractivity contribution in [2.45, 2.75) is 20.6 Å². The number of thiophene rings is 1. The van der Waals surface area contributed by atoms with Crippen molar-refractivity contribution in [1.29, 1.82) is 0 Å². The van der Waals surface area contributed by atoms with Gasteiger partial charge in [0.05, 0.1) is 22.2 Å². The van der Waals surface area contributed by atoms with E-state index in [0.717, 1.165) is 39.7 Å². The number of rotatable bonds is 4. The molecular formula is C68H41NOS2. The van der Waals surface area contributed by atoms with Gasteiger partial charge in [0.15, 0.2) is 0 Å². The van der Waals surface area contributed by atoms with Crippen LogP contribution in [0.1, 0.15) is 44.5 Å². The van der Waals surface area contributed by atoms with Crippen molar-refractivity contribution in [3.05, 3.63) is 293 Å². The van der Waals surface area contributed by atoms with Crippen molar-refractivity contribution in [2.75, 3.05) is 4.90 Å². The first-order valence-corrected chi connectivity index (χ1v) is 26.4. The topological polar surface area (TPSA) is 12.5 Å². The normalized spacial score (nSPS) is 14.4. The van der Waals surface area contributed by atoms with E-state index in [1.54, 1.807) is 0 Å². The van der Waals surface area contributed by atoms with Crippen molar-refractivity contribution in [3.63, 3.8) is 0 Å². The summed E-state index contributed by atoms with van der Waals surface area (Å²) in [4.78, 5) is 5.18. The Morgan fingerprint density at radius 2 is 0.861 bits per heavy atom. The van der Waals surface area contributed by atoms with Crippen LogP contribution in [0.3, 0.4) is 0 Å². The second-order valence-electron chi connectivity index (χ2n) is 19.3. The monoisotopic (exact) mass is 951 g/mol. The van der Waals surface area contributed by atoms with Crippen molar-refractivity contribution >= 4 is 60.3 Å². The smallest absolute Gasteiger partial charge is 0.132 e. The molecule has 0 unspecified atom stereocenters. The number of ether oxygens (including phenoxy) is 1. The third kappa shape index (κ3) is 5.20. The van der Waals surface area contributed by atoms with Gasteiger partial charge in [-0.3, -0.25) is 0 Å². The molecule has 0 radical (unpaired) electrons. The molecule has 0 saturated heterocycles. The van der Waals surface area contributed by atoms with E-state index in [0.29, 0.717) is 0 Å². The summed E-state index contributed by atoms with van der Waals surface area (Å²) in [6.07, 6.45) is 0. The van der Waals surface area contributed by atoms with Crippen LogP contribution < -0.4 is 9.64 Å². The molecule has 2 nitrogen and oxygen atoms in total. The number of fused-ring (bicyclic) bond motifs is 21. The molecule has 0 atom stereocenters. The minimum absolute atomic E-state index is 0.606. The predicted octanol–water partition coefficient (Wildman–Crippen LogP) is 18.5. The van der Waals surface area contributed by atoms with Crippen LogP contribution in [-0.4, -0.2) is 0 Å². The van der Waals surface area contributed by atoms with Crippen molar-refractivity contribution < 1.29 is 4.74 Å². The molecule has 2 aliphatic heterocycles. The number of benzene rings is 11. The van der Waals surface area contributed by atoms with Gasteiger partial charge in [-0.05, 0) is 110 Å². The zero-order chi connectivity index (χ0) is 47.1. The second-order valence-corrected chi connectivity index (χ2v) is 21.5. The van der Waals surface area contributed by atoms with Crippen LogP contribution in [0.2, 0.25) is 0 Å². The Kier molecular flexibility index (Phi) is 8.43. The first kappa shape index (κ1) is 40.3. The Morgan fingerprint density at radius 3 is 1.60 bits per heavy atom. The molecule has 336 valence electrons. The molecule has 72 heavy (non-hydrogen) atoms. The highest BCUT2D eigenvalue weighted by Gasteiger charge is 2.54. The summed E-state index contributed by atoms with van der Waals surface area (Å²) in [6.45, 7) is 0. The Balaban J connectivity index is 1.01. The van der Waals surface area contributed by atoms with E-state index in [1.807, 2.05) is 23.1 Å². The van der Waals surface area contributed by atoms with Crippen molar-refractivity contribution in [1.82, 2.24) is 0 Å². The molecule has 4 heteroatoms. The zero-order valence-corrected chi connectivity index (χ0v) is 40.5. The van der Waals surface area contributed by atoms with E-state index >= 15 is 0 Å². The summed E-state index contributed by atoms with van der Waals surface area (Å²) in [5, 5.41) is 2.61. The van der Waals surface area contributed by atoms with Crippen LogP contribution in [0.15, 0.2) is 259 Å². The Bertz CT molecular complexity index is 4170. The maximum atomic E-state index is 6.79. The Hall–Kier alpha value is -8.41. The Labute approximate surface area is 426 Å². The molecule has 0 bridgehead atoms. The molecule has 4 aliphatic rings. The maximum Gasteiger partial charge on any atom is 0.132 e. The van der Waals surface area contributed by atoms with E-state index in [4.69, 9.17) is 4.74 Å². The van der Waals surface area contributed by atoms with Crippen molar-refractivity contribution in [2.24, 2.45) is 0 Å². The van der Waals surface area contributed by atoms with Gasteiger partial charge in [-0.25, -0.2) is 0 Å². The predicted molar refractivity (Wildman–Crippen MR) is 298 cm³/mol. The zero-order valence-electron chi connectivity index (χ0n) is 38.8. The molecule has 16 rings (SSSR count). The van der Waals surface area contributed by atoms with Gasteiger partial charge in [0.25, 0.3) is 0 Å². The highest BCUT2D eigenvalue weighted by molar-refractivity contribution is 7.99. The van der Waals surface area contributed by atoms with E-state index in [-0.39, 0.29) is 0 Å². The maximum absolute atomic E-state index is 6.79. The molecule has 2 aliphatic carbocycles. The van der Waals surface area contributed by atoms with E-state index < -0.39 is 10.8 Å². The average molecular weight is 952 g/mol. The average Bonchev–Trinajstić information content (AvgIpc) is 4.08. The fraction of sp³-hybridized carbons (Fsp3) is 0.0294. The van der Waals surface area contributed by atoms with Crippen LogP contribution in [0, 0.1) is 0 Å². The number of anilines is 3. The molecule has 2 spiro atoms. The third-order valence-corrected chi connectivity index (χ3v) is 18.4. The fourth-order valence-corrected chi connectivity index (χ4v) is 15.8. The molecule has 0 fully saturated rings. The molecule has 3 heterocycles. The lowest BCUT2D eigenvalue weighted by atomic mass is 9.66. The Morgan fingerprint density at radius 1 is 0.347 bits per heavy atom. The van der Waals surface area contributed by atoms with Crippen LogP contribution >= 0.6 is 23.1 Å². The molecule has 0 saturated carbocycles. The first-order valence-electron chi connectivity index (χ1n) is 24.7. The second kappa shape index (κ2) is 15.1. The molecule has 1 aromatic heterocycles. The van der Waals surface area contributed by atoms with Crippen molar-refractivity contribution in [3.8, 4) is 44.9 Å². The number of hydrogen-bond acceptors (Lipinski definition) is 4. The quantitative estimate of drug-likeness (QED) is 0.174. The van der Waals surface area contributed by atoms with E-state index in [9.17, 15) is 0 Å². The van der Waals surface area contributed by atoms with E-state index in [1.165, 1.54) is 96.7 Å². The number of hydrogen-bond donors (Lipinski definition) is 0. The van der Waals surface area contributed by atoms with Crippen LogP contribution in [-0.2, 0) is 10.8 Å². The van der Waals surface area contributed by atoms with E-state index in [2.05, 4.69) is 254 Å². The lowest BCUT2D eigenvalue weighted by molar-refractivity contribution is 0.436. The highest BCUT2D eigenvalue weighted by Crippen LogP contribution is 2.67.